The second-order valence-electron chi connectivity index (χ2n) is 5.64. The lowest BCUT2D eigenvalue weighted by Gasteiger charge is -2.30. The van der Waals surface area contributed by atoms with Crippen molar-refractivity contribution in [1.82, 2.24) is 0 Å². The van der Waals surface area contributed by atoms with E-state index in [1.165, 1.54) is 59.9 Å². The fourth-order valence-corrected chi connectivity index (χ4v) is 5.03. The van der Waals surface area contributed by atoms with Crippen molar-refractivity contribution in [3.8, 4) is 0 Å². The number of esters is 1. The van der Waals surface area contributed by atoms with E-state index in [2.05, 4.69) is 13.5 Å². The van der Waals surface area contributed by atoms with Gasteiger partial charge in [0.05, 0.1) is 6.26 Å². The van der Waals surface area contributed by atoms with Crippen LogP contribution in [0.15, 0.2) is 12.8 Å². The third-order valence-corrected chi connectivity index (χ3v) is 7.20. The summed E-state index contributed by atoms with van der Waals surface area (Å²) in [5.74, 6) is -0.389. The molecule has 0 spiro atoms. The van der Waals surface area contributed by atoms with Crippen LogP contribution >= 0.6 is 0 Å². The number of carbonyl (C=O) groups is 1. The number of hydrogen-bond donors (Lipinski definition) is 0. The van der Waals surface area contributed by atoms with E-state index in [1.807, 2.05) is 0 Å². The van der Waals surface area contributed by atoms with Crippen molar-refractivity contribution in [2.75, 3.05) is 21.3 Å². The van der Waals surface area contributed by atoms with E-state index in [0.29, 0.717) is 6.42 Å². The highest BCUT2D eigenvalue weighted by atomic mass is 28.4. The molecule has 0 amide bonds. The van der Waals surface area contributed by atoms with Crippen molar-refractivity contribution in [1.29, 1.82) is 0 Å². The van der Waals surface area contributed by atoms with Gasteiger partial charge in [-0.1, -0.05) is 64.9 Å². The molecule has 0 saturated heterocycles. The Morgan fingerprint density at radius 3 is 1.87 bits per heavy atom. The van der Waals surface area contributed by atoms with Gasteiger partial charge in [-0.3, -0.25) is 4.79 Å². The molecular formula is C17H34O5Si. The number of hydrogen-bond acceptors (Lipinski definition) is 5. The fraction of sp³-hybridized carbons (Fsp3) is 0.824. The van der Waals surface area contributed by atoms with E-state index in [0.717, 1.165) is 19.1 Å². The molecular weight excluding hydrogens is 312 g/mol. The molecule has 0 N–H and O–H groups in total. The van der Waals surface area contributed by atoms with Crippen LogP contribution in [0.25, 0.3) is 0 Å². The molecule has 0 aliphatic carbocycles. The Morgan fingerprint density at radius 1 is 0.957 bits per heavy atom. The van der Waals surface area contributed by atoms with E-state index in [-0.39, 0.29) is 5.97 Å². The summed E-state index contributed by atoms with van der Waals surface area (Å²) >= 11 is 0. The minimum atomic E-state index is -3.06. The van der Waals surface area contributed by atoms with Gasteiger partial charge in [0, 0.05) is 21.3 Å². The predicted octanol–water partition coefficient (Wildman–Crippen LogP) is 4.45. The molecule has 0 heterocycles. The standard InChI is InChI=1S/C17H34O5Si/c1-6-8-9-10-11-12-13-14-15-16(17(18)22-7-2)23(19-3,20-4)21-5/h7,16H,2,6,8-15H2,1,3-5H3. The van der Waals surface area contributed by atoms with Crippen molar-refractivity contribution in [2.45, 2.75) is 70.3 Å². The first-order valence-electron chi connectivity index (χ1n) is 8.58. The quantitative estimate of drug-likeness (QED) is 0.190. The van der Waals surface area contributed by atoms with Gasteiger partial charge in [-0.15, -0.1) is 0 Å². The minimum absolute atomic E-state index is 0.389. The van der Waals surface area contributed by atoms with Crippen LogP contribution in [0.1, 0.15) is 64.7 Å². The lowest BCUT2D eigenvalue weighted by Crippen LogP contribution is -2.50. The second-order valence-corrected chi connectivity index (χ2v) is 8.76. The van der Waals surface area contributed by atoms with Crippen LogP contribution in [0.3, 0.4) is 0 Å². The Bertz CT molecular complexity index is 310. The Morgan fingerprint density at radius 2 is 1.43 bits per heavy atom. The number of carbonyl (C=O) groups excluding carboxylic acids is 1. The Labute approximate surface area is 142 Å². The Kier molecular flexibility index (Phi) is 13.3. The summed E-state index contributed by atoms with van der Waals surface area (Å²) in [6.07, 6.45) is 11.4. The first kappa shape index (κ1) is 22.3. The second kappa shape index (κ2) is 13.7. The van der Waals surface area contributed by atoms with Gasteiger partial charge in [0.15, 0.2) is 0 Å². The summed E-state index contributed by atoms with van der Waals surface area (Å²) < 4.78 is 21.3. The van der Waals surface area contributed by atoms with E-state index < -0.39 is 14.3 Å². The predicted molar refractivity (Wildman–Crippen MR) is 94.0 cm³/mol. The van der Waals surface area contributed by atoms with Gasteiger partial charge >= 0.3 is 14.8 Å². The van der Waals surface area contributed by atoms with Crippen molar-refractivity contribution in [2.24, 2.45) is 0 Å². The number of rotatable bonds is 15. The summed E-state index contributed by atoms with van der Waals surface area (Å²) in [5, 5.41) is 0. The summed E-state index contributed by atoms with van der Waals surface area (Å²) in [4.78, 5) is 12.2. The average Bonchev–Trinajstić information content (AvgIpc) is 2.57. The van der Waals surface area contributed by atoms with Crippen LogP contribution < -0.4 is 0 Å². The zero-order chi connectivity index (χ0) is 17.6. The smallest absolute Gasteiger partial charge is 0.435 e. The first-order valence-corrected chi connectivity index (χ1v) is 10.4. The van der Waals surface area contributed by atoms with Crippen LogP contribution in [0.5, 0.6) is 0 Å². The van der Waals surface area contributed by atoms with Gasteiger partial charge in [-0.25, -0.2) is 0 Å². The maximum Gasteiger partial charge on any atom is 0.515 e. The highest BCUT2D eigenvalue weighted by molar-refractivity contribution is 6.66. The van der Waals surface area contributed by atoms with Gasteiger partial charge in [-0.05, 0) is 6.42 Å². The fourth-order valence-electron chi connectivity index (χ4n) is 2.76. The van der Waals surface area contributed by atoms with Crippen molar-refractivity contribution >= 4 is 14.8 Å². The van der Waals surface area contributed by atoms with Gasteiger partial charge in [0.1, 0.15) is 5.54 Å². The molecule has 0 aliphatic rings. The topological polar surface area (TPSA) is 54.0 Å². The van der Waals surface area contributed by atoms with Crippen molar-refractivity contribution in [3.05, 3.63) is 12.8 Å². The van der Waals surface area contributed by atoms with Gasteiger partial charge in [-0.2, -0.15) is 0 Å². The molecule has 1 atom stereocenters. The highest BCUT2D eigenvalue weighted by Gasteiger charge is 2.51. The molecule has 6 heteroatoms. The van der Waals surface area contributed by atoms with E-state index in [4.69, 9.17) is 18.0 Å². The zero-order valence-electron chi connectivity index (χ0n) is 15.3. The molecule has 0 radical (unpaired) electrons. The van der Waals surface area contributed by atoms with E-state index >= 15 is 0 Å². The van der Waals surface area contributed by atoms with Crippen LogP contribution in [0.4, 0.5) is 0 Å². The largest absolute Gasteiger partial charge is 0.515 e. The molecule has 0 saturated carbocycles. The summed E-state index contributed by atoms with van der Waals surface area (Å²) in [5.41, 5.74) is -0.513. The van der Waals surface area contributed by atoms with Gasteiger partial charge in [0.2, 0.25) is 0 Å². The molecule has 0 aromatic heterocycles. The molecule has 5 nitrogen and oxygen atoms in total. The van der Waals surface area contributed by atoms with Crippen LogP contribution in [0.2, 0.25) is 5.54 Å². The van der Waals surface area contributed by atoms with Crippen LogP contribution in [-0.2, 0) is 22.8 Å². The average molecular weight is 347 g/mol. The number of ether oxygens (including phenoxy) is 1. The molecule has 0 rings (SSSR count). The zero-order valence-corrected chi connectivity index (χ0v) is 16.3. The summed E-state index contributed by atoms with van der Waals surface area (Å²) in [6, 6.07) is 0. The van der Waals surface area contributed by atoms with Gasteiger partial charge in [0.25, 0.3) is 0 Å². The molecule has 136 valence electrons. The summed E-state index contributed by atoms with van der Waals surface area (Å²) in [6.45, 7) is 5.66. The maximum atomic E-state index is 12.2. The summed E-state index contributed by atoms with van der Waals surface area (Å²) in [7, 11) is 1.49. The Hall–Kier alpha value is -0.693. The molecule has 0 aromatic carbocycles. The molecule has 0 aromatic rings. The van der Waals surface area contributed by atoms with Gasteiger partial charge < -0.3 is 18.0 Å². The molecule has 0 bridgehead atoms. The SMILES string of the molecule is C=COC(=O)C(CCCCCCCCCC)[Si](OC)(OC)OC. The first-order chi connectivity index (χ1) is 11.1. The lowest BCUT2D eigenvalue weighted by atomic mass is 10.1. The minimum Gasteiger partial charge on any atom is -0.435 e. The molecule has 0 aliphatic heterocycles. The third kappa shape index (κ3) is 8.10. The number of unbranched alkanes of at least 4 members (excludes halogenated alkanes) is 7. The van der Waals surface area contributed by atoms with Crippen molar-refractivity contribution in [3.63, 3.8) is 0 Å². The van der Waals surface area contributed by atoms with Crippen LogP contribution in [0, 0.1) is 0 Å². The monoisotopic (exact) mass is 346 g/mol. The van der Waals surface area contributed by atoms with Crippen LogP contribution in [-0.4, -0.2) is 36.1 Å². The lowest BCUT2D eigenvalue weighted by molar-refractivity contribution is -0.139. The normalized spacial score (nSPS) is 12.9. The van der Waals surface area contributed by atoms with Crippen molar-refractivity contribution < 1.29 is 22.8 Å². The van der Waals surface area contributed by atoms with E-state index in [9.17, 15) is 4.79 Å². The molecule has 23 heavy (non-hydrogen) atoms. The maximum absolute atomic E-state index is 12.2. The van der Waals surface area contributed by atoms with E-state index in [1.54, 1.807) is 0 Å². The Balaban J connectivity index is 4.38. The molecule has 0 fully saturated rings. The molecule has 1 unspecified atom stereocenters. The third-order valence-electron chi connectivity index (χ3n) is 4.11. The highest BCUT2D eigenvalue weighted by Crippen LogP contribution is 2.31.